The maximum absolute atomic E-state index is 11.7. The Morgan fingerprint density at radius 2 is 1.93 bits per heavy atom. The number of fused-ring (bicyclic) bond motifs is 1. The molecule has 15 heavy (non-hydrogen) atoms. The lowest BCUT2D eigenvalue weighted by molar-refractivity contribution is -0.123. The molecule has 2 fully saturated rings. The van der Waals surface area contributed by atoms with Gasteiger partial charge in [0, 0.05) is 18.3 Å². The van der Waals surface area contributed by atoms with Crippen LogP contribution in [0.4, 0.5) is 0 Å². The van der Waals surface area contributed by atoms with Crippen molar-refractivity contribution in [3.63, 3.8) is 0 Å². The van der Waals surface area contributed by atoms with Gasteiger partial charge in [0.15, 0.2) is 0 Å². The molecule has 2 unspecified atom stereocenters. The molecule has 2 nitrogen and oxygen atoms in total. The minimum absolute atomic E-state index is 0.315. The van der Waals surface area contributed by atoms with Crippen LogP contribution in [0.2, 0.25) is 0 Å². The van der Waals surface area contributed by atoms with Crippen molar-refractivity contribution in [1.82, 2.24) is 5.32 Å². The number of amides is 1. The molecule has 3 heteroatoms. The summed E-state index contributed by atoms with van der Waals surface area (Å²) in [6, 6.07) is 0. The third-order valence-corrected chi connectivity index (χ3v) is 4.09. The smallest absolute Gasteiger partial charge is 0.223 e. The average Bonchev–Trinajstić information content (AvgIpc) is 2.72. The van der Waals surface area contributed by atoms with Gasteiger partial charge in [0.25, 0.3) is 0 Å². The molecule has 0 saturated heterocycles. The van der Waals surface area contributed by atoms with E-state index in [9.17, 15) is 4.79 Å². The van der Waals surface area contributed by atoms with Crippen LogP contribution in [0, 0.1) is 17.8 Å². The minimum Gasteiger partial charge on any atom is -0.356 e. The molecule has 1 amide bonds. The second-order valence-corrected chi connectivity index (χ2v) is 5.20. The van der Waals surface area contributed by atoms with E-state index < -0.39 is 0 Å². The lowest BCUT2D eigenvalue weighted by atomic mass is 10.1. The molecular formula is C12H20ClNO. The standard InChI is InChI=1S/C12H20ClNO/c13-7-2-1-3-8-14-12(15)11-9-5-4-6-10(9)11/h9-11H,1-8H2,(H,14,15). The molecule has 0 aromatic carbocycles. The van der Waals surface area contributed by atoms with E-state index in [1.165, 1.54) is 19.3 Å². The maximum Gasteiger partial charge on any atom is 0.223 e. The van der Waals surface area contributed by atoms with Gasteiger partial charge >= 0.3 is 0 Å². The molecule has 0 aromatic rings. The largest absolute Gasteiger partial charge is 0.356 e. The van der Waals surface area contributed by atoms with E-state index in [1.54, 1.807) is 0 Å². The molecule has 0 radical (unpaired) electrons. The Labute approximate surface area is 96.8 Å². The fourth-order valence-electron chi connectivity index (χ4n) is 2.94. The van der Waals surface area contributed by atoms with Crippen LogP contribution < -0.4 is 5.32 Å². The zero-order valence-corrected chi connectivity index (χ0v) is 9.93. The quantitative estimate of drug-likeness (QED) is 0.551. The van der Waals surface area contributed by atoms with Gasteiger partial charge in [0.2, 0.25) is 5.91 Å². The lowest BCUT2D eigenvalue weighted by Gasteiger charge is -2.05. The van der Waals surface area contributed by atoms with Gasteiger partial charge in [0.1, 0.15) is 0 Å². The van der Waals surface area contributed by atoms with Crippen LogP contribution in [0.15, 0.2) is 0 Å². The maximum atomic E-state index is 11.7. The highest BCUT2D eigenvalue weighted by Crippen LogP contribution is 2.57. The van der Waals surface area contributed by atoms with Crippen molar-refractivity contribution < 1.29 is 4.79 Å². The second-order valence-electron chi connectivity index (χ2n) is 4.83. The van der Waals surface area contributed by atoms with Crippen molar-refractivity contribution in [3.8, 4) is 0 Å². The summed E-state index contributed by atoms with van der Waals surface area (Å²) in [6.07, 6.45) is 7.17. The van der Waals surface area contributed by atoms with Crippen molar-refractivity contribution in [2.75, 3.05) is 12.4 Å². The van der Waals surface area contributed by atoms with Crippen LogP contribution in [0.5, 0.6) is 0 Å². The zero-order valence-electron chi connectivity index (χ0n) is 9.18. The Balaban J connectivity index is 1.54. The van der Waals surface area contributed by atoms with Gasteiger partial charge in [-0.1, -0.05) is 12.8 Å². The molecule has 2 atom stereocenters. The van der Waals surface area contributed by atoms with E-state index >= 15 is 0 Å². The monoisotopic (exact) mass is 229 g/mol. The fraction of sp³-hybridized carbons (Fsp3) is 0.917. The van der Waals surface area contributed by atoms with Crippen LogP contribution >= 0.6 is 11.6 Å². The van der Waals surface area contributed by atoms with E-state index in [4.69, 9.17) is 11.6 Å². The van der Waals surface area contributed by atoms with E-state index in [0.717, 1.165) is 43.5 Å². The number of hydrogen-bond donors (Lipinski definition) is 1. The summed E-state index contributed by atoms with van der Waals surface area (Å²) in [5.41, 5.74) is 0. The van der Waals surface area contributed by atoms with Crippen molar-refractivity contribution >= 4 is 17.5 Å². The summed E-state index contributed by atoms with van der Waals surface area (Å²) in [5.74, 6) is 2.92. The average molecular weight is 230 g/mol. The SMILES string of the molecule is O=C(NCCCCCCl)C1C2CCCC21. The van der Waals surface area contributed by atoms with E-state index in [2.05, 4.69) is 5.32 Å². The molecule has 2 rings (SSSR count). The highest BCUT2D eigenvalue weighted by molar-refractivity contribution is 6.17. The highest BCUT2D eigenvalue weighted by atomic mass is 35.5. The zero-order chi connectivity index (χ0) is 10.7. The van der Waals surface area contributed by atoms with E-state index in [0.29, 0.717) is 11.8 Å². The normalized spacial score (nSPS) is 32.5. The first-order valence-corrected chi connectivity index (χ1v) is 6.71. The number of rotatable bonds is 6. The summed E-state index contributed by atoms with van der Waals surface area (Å²) in [5, 5.41) is 3.05. The summed E-state index contributed by atoms with van der Waals surface area (Å²) >= 11 is 5.58. The van der Waals surface area contributed by atoms with Crippen molar-refractivity contribution in [1.29, 1.82) is 0 Å². The van der Waals surface area contributed by atoms with Crippen LogP contribution in [-0.2, 0) is 4.79 Å². The van der Waals surface area contributed by atoms with Gasteiger partial charge in [0.05, 0.1) is 0 Å². The van der Waals surface area contributed by atoms with Gasteiger partial charge in [-0.25, -0.2) is 0 Å². The number of nitrogens with one attached hydrogen (secondary N) is 1. The van der Waals surface area contributed by atoms with Crippen molar-refractivity contribution in [2.45, 2.75) is 38.5 Å². The molecule has 0 bridgehead atoms. The lowest BCUT2D eigenvalue weighted by Crippen LogP contribution is -2.27. The van der Waals surface area contributed by atoms with Crippen LogP contribution in [-0.4, -0.2) is 18.3 Å². The highest BCUT2D eigenvalue weighted by Gasteiger charge is 2.56. The summed E-state index contributed by atoms with van der Waals surface area (Å²) in [4.78, 5) is 11.7. The fourth-order valence-corrected chi connectivity index (χ4v) is 3.13. The first kappa shape index (κ1) is 11.3. The van der Waals surface area contributed by atoms with Gasteiger partial charge in [-0.3, -0.25) is 4.79 Å². The molecule has 0 aliphatic heterocycles. The Morgan fingerprint density at radius 3 is 2.60 bits per heavy atom. The van der Waals surface area contributed by atoms with Gasteiger partial charge in [-0.05, 0) is 37.5 Å². The summed E-state index contributed by atoms with van der Waals surface area (Å²) in [6.45, 7) is 0.839. The first-order valence-electron chi connectivity index (χ1n) is 6.18. The molecule has 0 aromatic heterocycles. The topological polar surface area (TPSA) is 29.1 Å². The molecule has 0 spiro atoms. The number of unbranched alkanes of at least 4 members (excludes halogenated alkanes) is 2. The molecule has 2 saturated carbocycles. The second kappa shape index (κ2) is 5.20. The van der Waals surface area contributed by atoms with Crippen LogP contribution in [0.1, 0.15) is 38.5 Å². The molecule has 2 aliphatic carbocycles. The van der Waals surface area contributed by atoms with Crippen LogP contribution in [0.25, 0.3) is 0 Å². The minimum atomic E-state index is 0.315. The Bertz CT molecular complexity index is 222. The number of alkyl halides is 1. The first-order chi connectivity index (χ1) is 7.34. The van der Waals surface area contributed by atoms with Crippen LogP contribution in [0.3, 0.4) is 0 Å². The Morgan fingerprint density at radius 1 is 1.20 bits per heavy atom. The van der Waals surface area contributed by atoms with Gasteiger partial charge in [-0.2, -0.15) is 0 Å². The molecule has 86 valence electrons. The van der Waals surface area contributed by atoms with Crippen molar-refractivity contribution in [3.05, 3.63) is 0 Å². The number of carbonyl (C=O) groups excluding carboxylic acids is 1. The van der Waals surface area contributed by atoms with Gasteiger partial charge < -0.3 is 5.32 Å². The Kier molecular flexibility index (Phi) is 3.90. The third-order valence-electron chi connectivity index (χ3n) is 3.82. The number of carbonyl (C=O) groups is 1. The molecule has 1 N–H and O–H groups in total. The Hall–Kier alpha value is -0.240. The molecular weight excluding hydrogens is 210 g/mol. The molecule has 0 heterocycles. The van der Waals surface area contributed by atoms with E-state index in [-0.39, 0.29) is 0 Å². The predicted molar refractivity (Wildman–Crippen MR) is 61.9 cm³/mol. The number of halogens is 1. The molecule has 2 aliphatic rings. The summed E-state index contributed by atoms with van der Waals surface area (Å²) in [7, 11) is 0. The predicted octanol–water partition coefficient (Wildman–Crippen LogP) is 2.56. The third kappa shape index (κ3) is 2.66. The van der Waals surface area contributed by atoms with Crippen molar-refractivity contribution in [2.24, 2.45) is 17.8 Å². The van der Waals surface area contributed by atoms with E-state index in [1.807, 2.05) is 0 Å². The summed E-state index contributed by atoms with van der Waals surface area (Å²) < 4.78 is 0. The number of hydrogen-bond acceptors (Lipinski definition) is 1. The van der Waals surface area contributed by atoms with Gasteiger partial charge in [-0.15, -0.1) is 11.6 Å².